The van der Waals surface area contributed by atoms with E-state index in [0.29, 0.717) is 12.0 Å². The predicted octanol–water partition coefficient (Wildman–Crippen LogP) is 4.59. The number of benzene rings is 2. The van der Waals surface area contributed by atoms with E-state index < -0.39 is 0 Å². The van der Waals surface area contributed by atoms with Crippen LogP contribution < -0.4 is 14.2 Å². The normalized spacial score (nSPS) is 21.3. The average molecular weight is 351 g/mol. The molecule has 0 saturated heterocycles. The fourth-order valence-electron chi connectivity index (χ4n) is 4.33. The van der Waals surface area contributed by atoms with E-state index in [9.17, 15) is 0 Å². The summed E-state index contributed by atoms with van der Waals surface area (Å²) in [6.07, 6.45) is 4.81. The van der Waals surface area contributed by atoms with Crippen LogP contribution in [0.3, 0.4) is 0 Å². The van der Waals surface area contributed by atoms with Crippen LogP contribution in [0.4, 0.5) is 0 Å². The maximum Gasteiger partial charge on any atom is 0.161 e. The number of para-hydroxylation sites is 1. The van der Waals surface area contributed by atoms with Crippen LogP contribution in [0.2, 0.25) is 0 Å². The zero-order valence-electron chi connectivity index (χ0n) is 15.6. The lowest BCUT2D eigenvalue weighted by molar-refractivity contribution is 0.349. The van der Waals surface area contributed by atoms with E-state index in [1.807, 2.05) is 18.2 Å². The van der Waals surface area contributed by atoms with Crippen LogP contribution in [0.15, 0.2) is 41.4 Å². The number of hydrogen-bond donors (Lipinski definition) is 0. The summed E-state index contributed by atoms with van der Waals surface area (Å²) in [5, 5.41) is 0. The van der Waals surface area contributed by atoms with Gasteiger partial charge >= 0.3 is 0 Å². The van der Waals surface area contributed by atoms with E-state index >= 15 is 0 Å². The summed E-state index contributed by atoms with van der Waals surface area (Å²) >= 11 is 0. The predicted molar refractivity (Wildman–Crippen MR) is 103 cm³/mol. The standard InChI is InChI=1S/C22H25NO3/c1-24-19-11-7-5-9-15(19)22-17-13-21(26-3)20(25-2)12-16(17)14-8-4-6-10-18(14)23-22/h5,7,9,11-14,18H,4,6,8,10H2,1-3H3. The van der Waals surface area contributed by atoms with E-state index in [-0.39, 0.29) is 0 Å². The van der Waals surface area contributed by atoms with Gasteiger partial charge < -0.3 is 14.2 Å². The second-order valence-electron chi connectivity index (χ2n) is 6.93. The Hall–Kier alpha value is -2.49. The number of methoxy groups -OCH3 is 3. The van der Waals surface area contributed by atoms with Crippen LogP contribution in [0, 0.1) is 0 Å². The van der Waals surface area contributed by atoms with Gasteiger partial charge in [-0.1, -0.05) is 25.0 Å². The minimum atomic E-state index is 0.328. The van der Waals surface area contributed by atoms with E-state index in [0.717, 1.165) is 40.5 Å². The third kappa shape index (κ3) is 2.74. The van der Waals surface area contributed by atoms with Crippen molar-refractivity contribution >= 4 is 5.71 Å². The Morgan fingerprint density at radius 3 is 2.27 bits per heavy atom. The highest BCUT2D eigenvalue weighted by Gasteiger charge is 2.35. The smallest absolute Gasteiger partial charge is 0.161 e. The largest absolute Gasteiger partial charge is 0.496 e. The summed E-state index contributed by atoms with van der Waals surface area (Å²) in [6.45, 7) is 0. The third-order valence-corrected chi connectivity index (χ3v) is 5.60. The Balaban J connectivity index is 1.94. The highest BCUT2D eigenvalue weighted by atomic mass is 16.5. The molecule has 2 atom stereocenters. The van der Waals surface area contributed by atoms with Crippen molar-refractivity contribution in [3.05, 3.63) is 53.1 Å². The Labute approximate surface area is 154 Å². The van der Waals surface area contributed by atoms with Crippen molar-refractivity contribution in [1.82, 2.24) is 0 Å². The van der Waals surface area contributed by atoms with Gasteiger partial charge in [0, 0.05) is 17.0 Å². The zero-order valence-corrected chi connectivity index (χ0v) is 15.6. The van der Waals surface area contributed by atoms with Crippen LogP contribution in [-0.2, 0) is 0 Å². The fourth-order valence-corrected chi connectivity index (χ4v) is 4.33. The minimum Gasteiger partial charge on any atom is -0.496 e. The number of nitrogens with zero attached hydrogens (tertiary/aromatic N) is 1. The maximum absolute atomic E-state index is 5.61. The van der Waals surface area contributed by atoms with Crippen molar-refractivity contribution in [2.75, 3.05) is 21.3 Å². The van der Waals surface area contributed by atoms with Gasteiger partial charge in [0.1, 0.15) is 5.75 Å². The lowest BCUT2D eigenvalue weighted by atomic mass is 9.75. The number of rotatable bonds is 4. The van der Waals surface area contributed by atoms with E-state index in [1.165, 1.54) is 24.8 Å². The molecule has 0 spiro atoms. The molecule has 0 radical (unpaired) electrons. The van der Waals surface area contributed by atoms with Gasteiger partial charge in [-0.3, -0.25) is 4.99 Å². The molecule has 26 heavy (non-hydrogen) atoms. The monoisotopic (exact) mass is 351 g/mol. The Morgan fingerprint density at radius 2 is 1.50 bits per heavy atom. The number of fused-ring (bicyclic) bond motifs is 3. The molecule has 1 saturated carbocycles. The molecular formula is C22H25NO3. The topological polar surface area (TPSA) is 40.0 Å². The van der Waals surface area contributed by atoms with Gasteiger partial charge in [-0.05, 0) is 42.7 Å². The zero-order chi connectivity index (χ0) is 18.1. The Bertz CT molecular complexity index is 843. The van der Waals surface area contributed by atoms with Gasteiger partial charge in [0.05, 0.1) is 33.1 Å². The molecule has 4 nitrogen and oxygen atoms in total. The van der Waals surface area contributed by atoms with E-state index in [4.69, 9.17) is 19.2 Å². The third-order valence-electron chi connectivity index (χ3n) is 5.60. The van der Waals surface area contributed by atoms with Crippen LogP contribution in [0.5, 0.6) is 17.2 Å². The molecule has 0 aromatic heterocycles. The van der Waals surface area contributed by atoms with E-state index in [1.54, 1.807) is 21.3 Å². The Morgan fingerprint density at radius 1 is 0.808 bits per heavy atom. The van der Waals surface area contributed by atoms with Gasteiger partial charge in [0.25, 0.3) is 0 Å². The average Bonchev–Trinajstić information content (AvgIpc) is 2.72. The molecule has 1 aliphatic heterocycles. The van der Waals surface area contributed by atoms with Crippen molar-refractivity contribution in [3.8, 4) is 17.2 Å². The van der Waals surface area contributed by atoms with Gasteiger partial charge in [-0.15, -0.1) is 0 Å². The molecular weight excluding hydrogens is 326 g/mol. The molecule has 2 aliphatic rings. The van der Waals surface area contributed by atoms with Gasteiger partial charge in [-0.25, -0.2) is 0 Å². The molecule has 4 heteroatoms. The first-order chi connectivity index (χ1) is 12.8. The molecule has 2 aromatic carbocycles. The molecule has 0 bridgehead atoms. The summed E-state index contributed by atoms with van der Waals surface area (Å²) in [6, 6.07) is 12.7. The van der Waals surface area contributed by atoms with Crippen molar-refractivity contribution in [3.63, 3.8) is 0 Å². The van der Waals surface area contributed by atoms with Crippen LogP contribution in [0.25, 0.3) is 0 Å². The first kappa shape index (κ1) is 17.0. The highest BCUT2D eigenvalue weighted by Crippen LogP contribution is 2.45. The van der Waals surface area contributed by atoms with Gasteiger partial charge in [0.15, 0.2) is 11.5 Å². The van der Waals surface area contributed by atoms with Crippen LogP contribution in [-0.4, -0.2) is 33.1 Å². The molecule has 4 rings (SSSR count). The van der Waals surface area contributed by atoms with Crippen molar-refractivity contribution < 1.29 is 14.2 Å². The van der Waals surface area contributed by atoms with Crippen LogP contribution in [0.1, 0.15) is 48.3 Å². The molecule has 1 aliphatic carbocycles. The number of hydrogen-bond acceptors (Lipinski definition) is 4. The lowest BCUT2D eigenvalue weighted by Crippen LogP contribution is -2.29. The van der Waals surface area contributed by atoms with Crippen molar-refractivity contribution in [2.45, 2.75) is 37.6 Å². The van der Waals surface area contributed by atoms with Gasteiger partial charge in [-0.2, -0.15) is 0 Å². The first-order valence-electron chi connectivity index (χ1n) is 9.24. The molecule has 136 valence electrons. The summed E-state index contributed by atoms with van der Waals surface area (Å²) in [5.74, 6) is 2.83. The lowest BCUT2D eigenvalue weighted by Gasteiger charge is -2.36. The maximum atomic E-state index is 5.61. The number of aliphatic imine (C=N–C) groups is 1. The quantitative estimate of drug-likeness (QED) is 0.809. The van der Waals surface area contributed by atoms with Crippen molar-refractivity contribution in [1.29, 1.82) is 0 Å². The van der Waals surface area contributed by atoms with Gasteiger partial charge in [0.2, 0.25) is 0 Å². The summed E-state index contributed by atoms with van der Waals surface area (Å²) in [4.78, 5) is 5.20. The fraction of sp³-hybridized carbons (Fsp3) is 0.409. The summed E-state index contributed by atoms with van der Waals surface area (Å²) < 4.78 is 16.8. The molecule has 0 amide bonds. The molecule has 2 aromatic rings. The Kier molecular flexibility index (Phi) is 4.58. The molecule has 0 N–H and O–H groups in total. The second-order valence-corrected chi connectivity index (χ2v) is 6.93. The highest BCUT2D eigenvalue weighted by molar-refractivity contribution is 6.16. The summed E-state index contributed by atoms with van der Waals surface area (Å²) in [7, 11) is 5.08. The van der Waals surface area contributed by atoms with E-state index in [2.05, 4.69) is 18.2 Å². The molecule has 2 unspecified atom stereocenters. The SMILES string of the molecule is COc1cc2c(cc1OC)C1CCCCC1N=C2c1ccccc1OC. The molecule has 1 fully saturated rings. The van der Waals surface area contributed by atoms with Crippen molar-refractivity contribution in [2.24, 2.45) is 4.99 Å². The minimum absolute atomic E-state index is 0.328. The number of ether oxygens (including phenoxy) is 3. The molecule has 1 heterocycles. The second kappa shape index (κ2) is 7.02. The van der Waals surface area contributed by atoms with Crippen LogP contribution >= 0.6 is 0 Å². The summed E-state index contributed by atoms with van der Waals surface area (Å²) in [5.41, 5.74) is 4.49. The first-order valence-corrected chi connectivity index (χ1v) is 9.24.